The number of furan rings is 1. The van der Waals surface area contributed by atoms with E-state index in [1.807, 2.05) is 32.0 Å². The van der Waals surface area contributed by atoms with E-state index in [9.17, 15) is 4.79 Å². The van der Waals surface area contributed by atoms with Gasteiger partial charge in [-0.2, -0.15) is 0 Å². The first-order chi connectivity index (χ1) is 11.2. The smallest absolute Gasteiger partial charge is 0.347 e. The van der Waals surface area contributed by atoms with E-state index in [4.69, 9.17) is 13.9 Å². The van der Waals surface area contributed by atoms with Crippen LogP contribution in [-0.2, 0) is 22.4 Å². The summed E-state index contributed by atoms with van der Waals surface area (Å²) in [5.41, 5.74) is 2.22. The number of fused-ring (bicyclic) bond motifs is 3. The van der Waals surface area contributed by atoms with Gasteiger partial charge < -0.3 is 13.9 Å². The lowest BCUT2D eigenvalue weighted by Gasteiger charge is -2.17. The first kappa shape index (κ1) is 15.9. The average molecular weight is 316 g/mol. The van der Waals surface area contributed by atoms with Crippen LogP contribution in [0.25, 0.3) is 11.0 Å². The molecular formula is C19H24O4. The summed E-state index contributed by atoms with van der Waals surface area (Å²) in [5, 5.41) is 1.12. The standard InChI is InChI=1S/C19H24O4/c1-3-7-18(19(20)21-4-2)22-13-10-11-17-15(12-13)14-8-5-6-9-16(14)23-17/h10-12,18H,3-9H2,1-2H3. The number of aryl methyl sites for hydroxylation is 2. The predicted molar refractivity (Wildman–Crippen MR) is 88.8 cm³/mol. The summed E-state index contributed by atoms with van der Waals surface area (Å²) in [6.45, 7) is 4.21. The number of carbonyl (C=O) groups excluding carboxylic acids is 1. The van der Waals surface area contributed by atoms with Crippen molar-refractivity contribution < 1.29 is 18.7 Å². The van der Waals surface area contributed by atoms with Gasteiger partial charge in [-0.25, -0.2) is 4.79 Å². The molecule has 0 spiro atoms. The van der Waals surface area contributed by atoms with Crippen LogP contribution in [0.4, 0.5) is 0 Å². The lowest BCUT2D eigenvalue weighted by atomic mass is 9.96. The van der Waals surface area contributed by atoms with Crippen LogP contribution in [0.3, 0.4) is 0 Å². The second kappa shape index (κ2) is 7.07. The maximum atomic E-state index is 12.0. The fourth-order valence-electron chi connectivity index (χ4n) is 3.20. The van der Waals surface area contributed by atoms with Gasteiger partial charge in [-0.1, -0.05) is 13.3 Å². The molecule has 1 aliphatic carbocycles. The van der Waals surface area contributed by atoms with E-state index in [2.05, 4.69) is 0 Å². The molecule has 0 aliphatic heterocycles. The van der Waals surface area contributed by atoms with Crippen LogP contribution < -0.4 is 4.74 Å². The summed E-state index contributed by atoms with van der Waals surface area (Å²) in [6.07, 6.45) is 5.45. The van der Waals surface area contributed by atoms with Gasteiger partial charge in [-0.15, -0.1) is 0 Å². The average Bonchev–Trinajstić information content (AvgIpc) is 2.93. The molecule has 4 heteroatoms. The number of benzene rings is 1. The Labute approximate surface area is 136 Å². The first-order valence-corrected chi connectivity index (χ1v) is 8.60. The normalized spacial score (nSPS) is 15.2. The minimum absolute atomic E-state index is 0.288. The Morgan fingerprint density at radius 2 is 2.09 bits per heavy atom. The molecule has 0 amide bonds. The van der Waals surface area contributed by atoms with Crippen molar-refractivity contribution in [2.45, 2.75) is 58.5 Å². The zero-order valence-corrected chi connectivity index (χ0v) is 13.9. The zero-order valence-electron chi connectivity index (χ0n) is 13.9. The van der Waals surface area contributed by atoms with Crippen molar-refractivity contribution in [2.75, 3.05) is 6.61 Å². The molecule has 4 nitrogen and oxygen atoms in total. The predicted octanol–water partition coefficient (Wildman–Crippen LogP) is 4.42. The van der Waals surface area contributed by atoms with Crippen molar-refractivity contribution in [3.63, 3.8) is 0 Å². The van der Waals surface area contributed by atoms with E-state index in [-0.39, 0.29) is 5.97 Å². The fraction of sp³-hybridized carbons (Fsp3) is 0.526. The minimum atomic E-state index is -0.542. The van der Waals surface area contributed by atoms with Crippen molar-refractivity contribution in [2.24, 2.45) is 0 Å². The molecule has 2 aromatic rings. The van der Waals surface area contributed by atoms with Gasteiger partial charge >= 0.3 is 5.97 Å². The van der Waals surface area contributed by atoms with Gasteiger partial charge in [-0.3, -0.25) is 0 Å². The summed E-state index contributed by atoms with van der Waals surface area (Å²) >= 11 is 0. The van der Waals surface area contributed by atoms with Gasteiger partial charge in [0.25, 0.3) is 0 Å². The van der Waals surface area contributed by atoms with E-state index >= 15 is 0 Å². The number of hydrogen-bond acceptors (Lipinski definition) is 4. The van der Waals surface area contributed by atoms with Crippen molar-refractivity contribution >= 4 is 16.9 Å². The van der Waals surface area contributed by atoms with Gasteiger partial charge in [0, 0.05) is 17.4 Å². The number of rotatable bonds is 6. The number of hydrogen-bond donors (Lipinski definition) is 0. The van der Waals surface area contributed by atoms with E-state index in [0.717, 1.165) is 36.0 Å². The van der Waals surface area contributed by atoms with Crippen molar-refractivity contribution in [3.8, 4) is 5.75 Å². The highest BCUT2D eigenvalue weighted by molar-refractivity contribution is 5.84. The molecule has 1 aromatic carbocycles. The Morgan fingerprint density at radius 1 is 1.26 bits per heavy atom. The molecule has 1 atom stereocenters. The van der Waals surface area contributed by atoms with Crippen molar-refractivity contribution in [1.82, 2.24) is 0 Å². The Balaban J connectivity index is 1.85. The lowest BCUT2D eigenvalue weighted by Crippen LogP contribution is -2.29. The van der Waals surface area contributed by atoms with E-state index in [1.54, 1.807) is 0 Å². The maximum absolute atomic E-state index is 12.0. The maximum Gasteiger partial charge on any atom is 0.347 e. The Morgan fingerprint density at radius 3 is 2.87 bits per heavy atom. The second-order valence-corrected chi connectivity index (χ2v) is 6.02. The fourth-order valence-corrected chi connectivity index (χ4v) is 3.20. The lowest BCUT2D eigenvalue weighted by molar-refractivity contribution is -0.151. The minimum Gasteiger partial charge on any atom is -0.479 e. The summed E-state index contributed by atoms with van der Waals surface area (Å²) in [5.74, 6) is 1.53. The monoisotopic (exact) mass is 316 g/mol. The molecule has 124 valence electrons. The largest absolute Gasteiger partial charge is 0.479 e. The molecule has 0 saturated heterocycles. The van der Waals surface area contributed by atoms with E-state index in [1.165, 1.54) is 18.4 Å². The van der Waals surface area contributed by atoms with Crippen LogP contribution in [0, 0.1) is 0 Å². The van der Waals surface area contributed by atoms with Gasteiger partial charge in [0.15, 0.2) is 6.10 Å². The second-order valence-electron chi connectivity index (χ2n) is 6.02. The molecule has 23 heavy (non-hydrogen) atoms. The third kappa shape index (κ3) is 3.36. The van der Waals surface area contributed by atoms with Crippen LogP contribution in [0.1, 0.15) is 50.9 Å². The van der Waals surface area contributed by atoms with Gasteiger partial charge in [-0.05, 0) is 50.8 Å². The van der Waals surface area contributed by atoms with E-state index in [0.29, 0.717) is 18.8 Å². The van der Waals surface area contributed by atoms with Gasteiger partial charge in [0.2, 0.25) is 0 Å². The molecule has 1 aromatic heterocycles. The molecule has 3 rings (SSSR count). The number of esters is 1. The summed E-state index contributed by atoms with van der Waals surface area (Å²) in [7, 11) is 0. The molecule has 1 heterocycles. The third-order valence-electron chi connectivity index (χ3n) is 4.31. The highest BCUT2D eigenvalue weighted by Crippen LogP contribution is 2.34. The number of ether oxygens (including phenoxy) is 2. The molecule has 0 radical (unpaired) electrons. The van der Waals surface area contributed by atoms with Gasteiger partial charge in [0.05, 0.1) is 6.61 Å². The first-order valence-electron chi connectivity index (χ1n) is 8.60. The summed E-state index contributed by atoms with van der Waals surface area (Å²) in [4.78, 5) is 12.0. The highest BCUT2D eigenvalue weighted by Gasteiger charge is 2.22. The van der Waals surface area contributed by atoms with Crippen LogP contribution >= 0.6 is 0 Å². The zero-order chi connectivity index (χ0) is 16.2. The Bertz CT molecular complexity index is 686. The van der Waals surface area contributed by atoms with Gasteiger partial charge in [0.1, 0.15) is 17.1 Å². The molecule has 0 saturated carbocycles. The molecule has 0 fully saturated rings. The molecule has 0 N–H and O–H groups in total. The quantitative estimate of drug-likeness (QED) is 0.740. The molecule has 1 unspecified atom stereocenters. The SMILES string of the molecule is CCCC(Oc1ccc2oc3c(c2c1)CCCC3)C(=O)OCC. The highest BCUT2D eigenvalue weighted by atomic mass is 16.6. The van der Waals surface area contributed by atoms with Crippen LogP contribution in [0.15, 0.2) is 22.6 Å². The van der Waals surface area contributed by atoms with Crippen LogP contribution in [0.5, 0.6) is 5.75 Å². The Hall–Kier alpha value is -1.97. The Kier molecular flexibility index (Phi) is 4.89. The molecular weight excluding hydrogens is 292 g/mol. The van der Waals surface area contributed by atoms with Crippen molar-refractivity contribution in [3.05, 3.63) is 29.5 Å². The van der Waals surface area contributed by atoms with Crippen LogP contribution in [-0.4, -0.2) is 18.7 Å². The number of carbonyl (C=O) groups is 1. The van der Waals surface area contributed by atoms with E-state index < -0.39 is 6.10 Å². The summed E-state index contributed by atoms with van der Waals surface area (Å²) in [6, 6.07) is 5.82. The van der Waals surface area contributed by atoms with Crippen LogP contribution in [0.2, 0.25) is 0 Å². The summed E-state index contributed by atoms with van der Waals surface area (Å²) < 4.78 is 17.0. The third-order valence-corrected chi connectivity index (χ3v) is 4.31. The molecule has 0 bridgehead atoms. The molecule has 1 aliphatic rings. The topological polar surface area (TPSA) is 48.7 Å². The van der Waals surface area contributed by atoms with Crippen molar-refractivity contribution in [1.29, 1.82) is 0 Å².